The normalized spacial score (nSPS) is 14.9. The third kappa shape index (κ3) is 5.99. The summed E-state index contributed by atoms with van der Waals surface area (Å²) in [5, 5.41) is 19.4. The summed E-state index contributed by atoms with van der Waals surface area (Å²) in [7, 11) is 0. The maximum absolute atomic E-state index is 11.9. The minimum absolute atomic E-state index is 0.168. The van der Waals surface area contributed by atoms with Gasteiger partial charge in [-0.15, -0.1) is 0 Å². The van der Waals surface area contributed by atoms with E-state index in [4.69, 9.17) is 0 Å². The molecule has 24 heavy (non-hydrogen) atoms. The lowest BCUT2D eigenvalue weighted by Gasteiger charge is -2.29. The standard InChI is InChI=1S/C20H30O4/c1-19(2,3)11-15(17(21)22)13-9-7-8-10-14(13)16(18(23)24)12-20(4,5)6/h7-10,15-16H,11-12H2,1-6H3,(H,21,22)(H,23,24). The summed E-state index contributed by atoms with van der Waals surface area (Å²) < 4.78 is 0. The van der Waals surface area contributed by atoms with Gasteiger partial charge >= 0.3 is 11.9 Å². The number of carbonyl (C=O) groups is 2. The lowest BCUT2D eigenvalue weighted by Crippen LogP contribution is -2.24. The Bertz CT molecular complexity index is 537. The summed E-state index contributed by atoms with van der Waals surface area (Å²) in [6.07, 6.45) is 0.919. The average molecular weight is 334 g/mol. The Labute approximate surface area is 144 Å². The van der Waals surface area contributed by atoms with Gasteiger partial charge in [0.1, 0.15) is 0 Å². The smallest absolute Gasteiger partial charge is 0.311 e. The van der Waals surface area contributed by atoms with Crippen molar-refractivity contribution >= 4 is 11.9 Å². The van der Waals surface area contributed by atoms with Crippen LogP contribution in [0.1, 0.15) is 77.3 Å². The van der Waals surface area contributed by atoms with E-state index in [1.807, 2.05) is 41.5 Å². The highest BCUT2D eigenvalue weighted by Gasteiger charge is 2.33. The van der Waals surface area contributed by atoms with E-state index >= 15 is 0 Å². The molecule has 1 aromatic carbocycles. The van der Waals surface area contributed by atoms with Crippen LogP contribution in [0.2, 0.25) is 0 Å². The van der Waals surface area contributed by atoms with Gasteiger partial charge in [0, 0.05) is 0 Å². The van der Waals surface area contributed by atoms with Crippen molar-refractivity contribution in [2.45, 2.75) is 66.2 Å². The van der Waals surface area contributed by atoms with Crippen LogP contribution >= 0.6 is 0 Å². The van der Waals surface area contributed by atoms with Gasteiger partial charge in [-0.3, -0.25) is 9.59 Å². The number of carboxylic acids is 2. The van der Waals surface area contributed by atoms with E-state index in [2.05, 4.69) is 0 Å². The minimum atomic E-state index is -0.905. The fourth-order valence-corrected chi connectivity index (χ4v) is 3.03. The molecule has 0 aromatic heterocycles. The summed E-state index contributed by atoms with van der Waals surface area (Å²) in [6.45, 7) is 12.0. The highest BCUT2D eigenvalue weighted by atomic mass is 16.4. The van der Waals surface area contributed by atoms with Gasteiger partial charge in [-0.25, -0.2) is 0 Å². The summed E-state index contributed by atoms with van der Waals surface area (Å²) in [6, 6.07) is 7.10. The summed E-state index contributed by atoms with van der Waals surface area (Å²) in [4.78, 5) is 23.7. The fraction of sp³-hybridized carbons (Fsp3) is 0.600. The number of aliphatic carboxylic acids is 2. The molecule has 4 heteroatoms. The molecule has 2 atom stereocenters. The highest BCUT2D eigenvalue weighted by molar-refractivity contribution is 5.80. The topological polar surface area (TPSA) is 74.6 Å². The summed E-state index contributed by atoms with van der Waals surface area (Å²) in [5.41, 5.74) is 0.908. The van der Waals surface area contributed by atoms with Crippen molar-refractivity contribution in [1.82, 2.24) is 0 Å². The Morgan fingerprint density at radius 2 is 1.08 bits per heavy atom. The molecule has 0 spiro atoms. The maximum atomic E-state index is 11.9. The Balaban J connectivity index is 3.39. The van der Waals surface area contributed by atoms with E-state index in [0.717, 1.165) is 0 Å². The first-order valence-electron chi connectivity index (χ1n) is 8.36. The Hall–Kier alpha value is -1.84. The molecule has 0 aliphatic rings. The Morgan fingerprint density at radius 1 is 0.792 bits per heavy atom. The molecule has 0 amide bonds. The second kappa shape index (κ2) is 7.37. The van der Waals surface area contributed by atoms with Gasteiger partial charge in [-0.1, -0.05) is 65.8 Å². The summed E-state index contributed by atoms with van der Waals surface area (Å²) in [5.74, 6) is -3.22. The van der Waals surface area contributed by atoms with E-state index < -0.39 is 23.8 Å². The van der Waals surface area contributed by atoms with Crippen molar-refractivity contribution in [3.8, 4) is 0 Å². The van der Waals surface area contributed by atoms with Gasteiger partial charge in [0.05, 0.1) is 11.8 Å². The van der Waals surface area contributed by atoms with Gasteiger partial charge in [0.25, 0.3) is 0 Å². The molecule has 1 rings (SSSR count). The molecule has 0 saturated carbocycles. The molecule has 0 radical (unpaired) electrons. The lowest BCUT2D eigenvalue weighted by atomic mass is 9.75. The van der Waals surface area contributed by atoms with Crippen molar-refractivity contribution in [2.75, 3.05) is 0 Å². The van der Waals surface area contributed by atoms with Crippen molar-refractivity contribution in [3.05, 3.63) is 35.4 Å². The molecule has 134 valence electrons. The molecule has 0 heterocycles. The first-order valence-corrected chi connectivity index (χ1v) is 8.36. The zero-order valence-corrected chi connectivity index (χ0v) is 15.6. The largest absolute Gasteiger partial charge is 0.481 e. The number of rotatable bonds is 6. The molecule has 1 aromatic rings. The van der Waals surface area contributed by atoms with Gasteiger partial charge in [0.2, 0.25) is 0 Å². The zero-order chi connectivity index (χ0) is 18.7. The molecule has 2 N–H and O–H groups in total. The van der Waals surface area contributed by atoms with Crippen LogP contribution < -0.4 is 0 Å². The van der Waals surface area contributed by atoms with Gasteiger partial charge < -0.3 is 10.2 Å². The molecular formula is C20H30O4. The van der Waals surface area contributed by atoms with Crippen LogP contribution in [0.5, 0.6) is 0 Å². The molecule has 0 aliphatic heterocycles. The van der Waals surface area contributed by atoms with Crippen molar-refractivity contribution in [1.29, 1.82) is 0 Å². The van der Waals surface area contributed by atoms with Crippen LogP contribution in [0.25, 0.3) is 0 Å². The van der Waals surface area contributed by atoms with E-state index in [9.17, 15) is 19.8 Å². The predicted molar refractivity (Wildman–Crippen MR) is 95.3 cm³/mol. The molecular weight excluding hydrogens is 304 g/mol. The van der Waals surface area contributed by atoms with E-state index in [0.29, 0.717) is 24.0 Å². The van der Waals surface area contributed by atoms with Gasteiger partial charge in [-0.05, 0) is 34.8 Å². The highest BCUT2D eigenvalue weighted by Crippen LogP contribution is 2.39. The van der Waals surface area contributed by atoms with E-state index in [1.165, 1.54) is 0 Å². The molecule has 2 unspecified atom stereocenters. The van der Waals surface area contributed by atoms with Gasteiger partial charge in [-0.2, -0.15) is 0 Å². The monoisotopic (exact) mass is 334 g/mol. The number of hydrogen-bond acceptors (Lipinski definition) is 2. The van der Waals surface area contributed by atoms with Crippen LogP contribution in [-0.2, 0) is 9.59 Å². The second-order valence-corrected chi connectivity index (χ2v) is 8.94. The second-order valence-electron chi connectivity index (χ2n) is 8.94. The zero-order valence-electron chi connectivity index (χ0n) is 15.6. The molecule has 0 bridgehead atoms. The Kier molecular flexibility index (Phi) is 6.20. The average Bonchev–Trinajstić information content (AvgIpc) is 2.40. The van der Waals surface area contributed by atoms with Crippen LogP contribution in [-0.4, -0.2) is 22.2 Å². The number of hydrogen-bond donors (Lipinski definition) is 2. The molecule has 0 saturated heterocycles. The van der Waals surface area contributed by atoms with Crippen molar-refractivity contribution in [2.24, 2.45) is 10.8 Å². The van der Waals surface area contributed by atoms with E-state index in [1.54, 1.807) is 24.3 Å². The maximum Gasteiger partial charge on any atom is 0.311 e. The SMILES string of the molecule is CC(C)(C)CC(C(=O)O)c1ccccc1C(CC(C)(C)C)C(=O)O. The fourth-order valence-electron chi connectivity index (χ4n) is 3.03. The Morgan fingerprint density at radius 3 is 1.29 bits per heavy atom. The number of benzene rings is 1. The third-order valence-corrected chi connectivity index (χ3v) is 3.98. The summed E-state index contributed by atoms with van der Waals surface area (Å²) >= 11 is 0. The van der Waals surface area contributed by atoms with E-state index in [-0.39, 0.29) is 10.8 Å². The molecule has 0 fully saturated rings. The number of carboxylic acid groups (broad SMARTS) is 2. The van der Waals surface area contributed by atoms with Crippen molar-refractivity contribution in [3.63, 3.8) is 0 Å². The third-order valence-electron chi connectivity index (χ3n) is 3.98. The van der Waals surface area contributed by atoms with Gasteiger partial charge in [0.15, 0.2) is 0 Å². The van der Waals surface area contributed by atoms with Crippen LogP contribution in [0, 0.1) is 10.8 Å². The minimum Gasteiger partial charge on any atom is -0.481 e. The predicted octanol–water partition coefficient (Wildman–Crippen LogP) is 4.90. The van der Waals surface area contributed by atoms with Crippen LogP contribution in [0.15, 0.2) is 24.3 Å². The van der Waals surface area contributed by atoms with Crippen molar-refractivity contribution < 1.29 is 19.8 Å². The lowest BCUT2D eigenvalue weighted by molar-refractivity contribution is -0.141. The molecule has 4 nitrogen and oxygen atoms in total. The quantitative estimate of drug-likeness (QED) is 0.776. The molecule has 0 aliphatic carbocycles. The first-order chi connectivity index (χ1) is 10.8. The van der Waals surface area contributed by atoms with Crippen LogP contribution in [0.3, 0.4) is 0 Å². The first kappa shape index (κ1) is 20.2. The van der Waals surface area contributed by atoms with Crippen LogP contribution in [0.4, 0.5) is 0 Å².